The Bertz CT molecular complexity index is 291. The van der Waals surface area contributed by atoms with Crippen molar-refractivity contribution in [1.29, 1.82) is 0 Å². The molecule has 0 radical (unpaired) electrons. The number of benzene rings is 1. The first-order valence-corrected chi connectivity index (χ1v) is 4.71. The van der Waals surface area contributed by atoms with Crippen molar-refractivity contribution in [3.05, 3.63) is 22.4 Å². The highest BCUT2D eigenvalue weighted by Crippen LogP contribution is 2.31. The number of rotatable bonds is 2. The summed E-state index contributed by atoms with van der Waals surface area (Å²) < 4.78 is 19.0. The second-order valence-electron chi connectivity index (χ2n) is 2.98. The van der Waals surface area contributed by atoms with E-state index in [-0.39, 0.29) is 11.9 Å². The van der Waals surface area contributed by atoms with Crippen molar-refractivity contribution in [3.63, 3.8) is 0 Å². The van der Waals surface area contributed by atoms with E-state index in [0.717, 1.165) is 0 Å². The minimum Gasteiger partial charge on any atom is -0.487 e. The van der Waals surface area contributed by atoms with E-state index in [1.54, 1.807) is 6.07 Å². The van der Waals surface area contributed by atoms with Gasteiger partial charge in [0.05, 0.1) is 10.6 Å². The zero-order valence-electron chi connectivity index (χ0n) is 7.47. The van der Waals surface area contributed by atoms with Crippen molar-refractivity contribution < 1.29 is 9.13 Å². The van der Waals surface area contributed by atoms with Gasteiger partial charge in [-0.15, -0.1) is 0 Å². The highest BCUT2D eigenvalue weighted by Gasteiger charge is 2.10. The standard InChI is InChI=1S/C9H11BrFNO/c1-5(2)13-9-7(10)3-6(12)4-8(9)11/h3-5H,12H2,1-2H3. The van der Waals surface area contributed by atoms with E-state index < -0.39 is 5.82 Å². The van der Waals surface area contributed by atoms with Gasteiger partial charge in [-0.3, -0.25) is 0 Å². The first-order valence-electron chi connectivity index (χ1n) is 3.92. The summed E-state index contributed by atoms with van der Waals surface area (Å²) in [5, 5.41) is 0. The van der Waals surface area contributed by atoms with Gasteiger partial charge in [-0.1, -0.05) is 0 Å². The highest BCUT2D eigenvalue weighted by atomic mass is 79.9. The summed E-state index contributed by atoms with van der Waals surface area (Å²) in [5.41, 5.74) is 5.81. The molecule has 0 saturated heterocycles. The molecule has 0 fully saturated rings. The van der Waals surface area contributed by atoms with Crippen LogP contribution in [0.1, 0.15) is 13.8 Å². The van der Waals surface area contributed by atoms with Gasteiger partial charge >= 0.3 is 0 Å². The molecular formula is C9H11BrFNO. The lowest BCUT2D eigenvalue weighted by Crippen LogP contribution is -2.07. The summed E-state index contributed by atoms with van der Waals surface area (Å²) >= 11 is 3.18. The zero-order valence-corrected chi connectivity index (χ0v) is 9.06. The largest absolute Gasteiger partial charge is 0.487 e. The van der Waals surface area contributed by atoms with Crippen LogP contribution in [0.5, 0.6) is 5.75 Å². The quantitative estimate of drug-likeness (QED) is 0.816. The molecule has 0 aromatic heterocycles. The molecule has 2 nitrogen and oxygen atoms in total. The van der Waals surface area contributed by atoms with Gasteiger partial charge in [0.1, 0.15) is 0 Å². The van der Waals surface area contributed by atoms with Gasteiger partial charge in [-0.2, -0.15) is 0 Å². The predicted molar refractivity (Wildman–Crippen MR) is 54.3 cm³/mol. The Hall–Kier alpha value is -0.770. The topological polar surface area (TPSA) is 35.2 Å². The van der Waals surface area contributed by atoms with Crippen LogP contribution < -0.4 is 10.5 Å². The third-order valence-corrected chi connectivity index (χ3v) is 1.96. The first kappa shape index (κ1) is 10.3. The second-order valence-corrected chi connectivity index (χ2v) is 3.83. The summed E-state index contributed by atoms with van der Waals surface area (Å²) in [6.45, 7) is 3.67. The van der Waals surface area contributed by atoms with Crippen LogP contribution in [-0.2, 0) is 0 Å². The SMILES string of the molecule is CC(C)Oc1c(F)cc(N)cc1Br. The highest BCUT2D eigenvalue weighted by molar-refractivity contribution is 9.10. The molecule has 1 aromatic rings. The lowest BCUT2D eigenvalue weighted by molar-refractivity contribution is 0.229. The molecule has 13 heavy (non-hydrogen) atoms. The van der Waals surface area contributed by atoms with Crippen LogP contribution in [-0.4, -0.2) is 6.10 Å². The van der Waals surface area contributed by atoms with E-state index in [1.165, 1.54) is 6.07 Å². The minimum atomic E-state index is -0.444. The molecule has 0 saturated carbocycles. The lowest BCUT2D eigenvalue weighted by atomic mass is 10.3. The fraction of sp³-hybridized carbons (Fsp3) is 0.333. The molecule has 0 aliphatic rings. The molecule has 0 aliphatic carbocycles. The van der Waals surface area contributed by atoms with Crippen LogP contribution in [0.4, 0.5) is 10.1 Å². The molecule has 0 amide bonds. The maximum Gasteiger partial charge on any atom is 0.169 e. The summed E-state index contributed by atoms with van der Waals surface area (Å²) in [4.78, 5) is 0. The Morgan fingerprint density at radius 2 is 2.08 bits per heavy atom. The number of nitrogens with two attached hydrogens (primary N) is 1. The van der Waals surface area contributed by atoms with Crippen molar-refractivity contribution in [1.82, 2.24) is 0 Å². The van der Waals surface area contributed by atoms with Crippen LogP contribution in [0, 0.1) is 5.82 Å². The predicted octanol–water partition coefficient (Wildman–Crippen LogP) is 2.96. The molecule has 1 rings (SSSR count). The number of ether oxygens (including phenoxy) is 1. The fourth-order valence-corrected chi connectivity index (χ4v) is 1.47. The first-order chi connectivity index (χ1) is 6.00. The van der Waals surface area contributed by atoms with Gasteiger partial charge in [-0.25, -0.2) is 4.39 Å². The van der Waals surface area contributed by atoms with Crippen molar-refractivity contribution >= 4 is 21.6 Å². The zero-order chi connectivity index (χ0) is 10.0. The summed E-state index contributed by atoms with van der Waals surface area (Å²) in [7, 11) is 0. The van der Waals surface area contributed by atoms with Crippen LogP contribution in [0.2, 0.25) is 0 Å². The van der Waals surface area contributed by atoms with Crippen LogP contribution >= 0.6 is 15.9 Å². The van der Waals surface area contributed by atoms with Gasteiger partial charge in [-0.05, 0) is 35.8 Å². The van der Waals surface area contributed by atoms with Gasteiger partial charge in [0.15, 0.2) is 11.6 Å². The molecule has 4 heteroatoms. The van der Waals surface area contributed by atoms with E-state index in [1.807, 2.05) is 13.8 Å². The second kappa shape index (κ2) is 3.96. The Morgan fingerprint density at radius 3 is 2.54 bits per heavy atom. The molecule has 2 N–H and O–H groups in total. The monoisotopic (exact) mass is 247 g/mol. The van der Waals surface area contributed by atoms with E-state index in [0.29, 0.717) is 10.2 Å². The van der Waals surface area contributed by atoms with Crippen molar-refractivity contribution in [2.24, 2.45) is 0 Å². The fourth-order valence-electron chi connectivity index (χ4n) is 0.928. The molecule has 0 aliphatic heterocycles. The molecule has 0 atom stereocenters. The number of anilines is 1. The van der Waals surface area contributed by atoms with Gasteiger partial charge in [0.25, 0.3) is 0 Å². The third-order valence-electron chi connectivity index (χ3n) is 1.37. The summed E-state index contributed by atoms with van der Waals surface area (Å²) in [6, 6.07) is 2.85. The number of hydrogen-bond acceptors (Lipinski definition) is 2. The van der Waals surface area contributed by atoms with Crippen molar-refractivity contribution in [2.75, 3.05) is 5.73 Å². The third kappa shape index (κ3) is 2.59. The van der Waals surface area contributed by atoms with E-state index in [2.05, 4.69) is 15.9 Å². The Morgan fingerprint density at radius 1 is 1.46 bits per heavy atom. The summed E-state index contributed by atoms with van der Waals surface area (Å²) in [5.74, 6) is -0.232. The molecule has 1 aromatic carbocycles. The maximum atomic E-state index is 13.2. The van der Waals surface area contributed by atoms with Gasteiger partial charge in [0.2, 0.25) is 0 Å². The molecule has 0 spiro atoms. The molecule has 0 bridgehead atoms. The maximum absolute atomic E-state index is 13.2. The lowest BCUT2D eigenvalue weighted by Gasteiger charge is -2.12. The van der Waals surface area contributed by atoms with Crippen LogP contribution in [0.3, 0.4) is 0 Å². The van der Waals surface area contributed by atoms with E-state index in [4.69, 9.17) is 10.5 Å². The van der Waals surface area contributed by atoms with Crippen molar-refractivity contribution in [2.45, 2.75) is 20.0 Å². The Kier molecular flexibility index (Phi) is 3.14. The summed E-state index contributed by atoms with van der Waals surface area (Å²) in [6.07, 6.45) is -0.0607. The Labute approximate surface area is 85.0 Å². The normalized spacial score (nSPS) is 10.5. The van der Waals surface area contributed by atoms with Crippen LogP contribution in [0.15, 0.2) is 16.6 Å². The molecular weight excluding hydrogens is 237 g/mol. The number of hydrogen-bond donors (Lipinski definition) is 1. The van der Waals surface area contributed by atoms with E-state index in [9.17, 15) is 4.39 Å². The van der Waals surface area contributed by atoms with Gasteiger partial charge < -0.3 is 10.5 Å². The molecule has 72 valence electrons. The average Bonchev–Trinajstić information content (AvgIpc) is 1.96. The smallest absolute Gasteiger partial charge is 0.169 e. The minimum absolute atomic E-state index is 0.0607. The Balaban J connectivity index is 3.06. The van der Waals surface area contributed by atoms with Crippen molar-refractivity contribution in [3.8, 4) is 5.75 Å². The number of nitrogen functional groups attached to an aromatic ring is 1. The van der Waals surface area contributed by atoms with Crippen LogP contribution in [0.25, 0.3) is 0 Å². The van der Waals surface area contributed by atoms with E-state index >= 15 is 0 Å². The molecule has 0 unspecified atom stereocenters. The number of halogens is 2. The van der Waals surface area contributed by atoms with Gasteiger partial charge in [0, 0.05) is 11.8 Å². The average molecular weight is 248 g/mol. The molecule has 0 heterocycles.